The first-order chi connectivity index (χ1) is 14.7. The molecule has 160 valence electrons. The van der Waals surface area contributed by atoms with Crippen LogP contribution in [0, 0.1) is 5.82 Å². The number of hydrogen-bond acceptors (Lipinski definition) is 3. The zero-order valence-electron chi connectivity index (χ0n) is 15.1. The summed E-state index contributed by atoms with van der Waals surface area (Å²) < 4.78 is 19.3. The van der Waals surface area contributed by atoms with E-state index in [0.29, 0.717) is 5.02 Å². The first-order valence-electron chi connectivity index (χ1n) is 8.34. The van der Waals surface area contributed by atoms with Gasteiger partial charge in [0.1, 0.15) is 22.3 Å². The fourth-order valence-corrected chi connectivity index (χ4v) is 3.43. The highest BCUT2D eigenvalue weighted by Crippen LogP contribution is 2.45. The van der Waals surface area contributed by atoms with E-state index in [-0.39, 0.29) is 42.8 Å². The van der Waals surface area contributed by atoms with E-state index in [9.17, 15) is 14.0 Å². The topological polar surface area (TPSA) is 67.4 Å². The van der Waals surface area contributed by atoms with E-state index in [4.69, 9.17) is 62.7 Å². The van der Waals surface area contributed by atoms with Crippen LogP contribution < -0.4 is 15.4 Å². The number of nitrogens with one attached hydrogen (secondary N) is 2. The summed E-state index contributed by atoms with van der Waals surface area (Å²) in [4.78, 5) is 24.3. The van der Waals surface area contributed by atoms with Crippen LogP contribution in [0.2, 0.25) is 25.1 Å². The van der Waals surface area contributed by atoms with E-state index >= 15 is 0 Å². The molecular formula is C20H10Cl5FN2O3. The van der Waals surface area contributed by atoms with Crippen molar-refractivity contribution in [3.63, 3.8) is 0 Å². The van der Waals surface area contributed by atoms with Crippen LogP contribution in [0.15, 0.2) is 48.5 Å². The zero-order chi connectivity index (χ0) is 22.7. The molecule has 5 nitrogen and oxygen atoms in total. The Morgan fingerprint density at radius 3 is 2.26 bits per heavy atom. The highest BCUT2D eigenvalue weighted by Gasteiger charge is 2.21. The number of benzene rings is 3. The molecule has 0 aliphatic carbocycles. The fourth-order valence-electron chi connectivity index (χ4n) is 2.40. The van der Waals surface area contributed by atoms with Gasteiger partial charge in [-0.25, -0.2) is 9.18 Å². The minimum absolute atomic E-state index is 0.0453. The van der Waals surface area contributed by atoms with Crippen LogP contribution in [0.3, 0.4) is 0 Å². The van der Waals surface area contributed by atoms with Gasteiger partial charge in [0.2, 0.25) is 0 Å². The summed E-state index contributed by atoms with van der Waals surface area (Å²) in [5.41, 5.74) is -0.397. The third kappa shape index (κ3) is 5.53. The van der Waals surface area contributed by atoms with Crippen molar-refractivity contribution < 1.29 is 18.7 Å². The molecule has 11 heteroatoms. The Bertz CT molecular complexity index is 1190. The average molecular weight is 523 g/mol. The maximum absolute atomic E-state index is 13.7. The van der Waals surface area contributed by atoms with E-state index < -0.39 is 17.8 Å². The second-order valence-electron chi connectivity index (χ2n) is 5.92. The van der Waals surface area contributed by atoms with Crippen LogP contribution in [-0.4, -0.2) is 11.9 Å². The lowest BCUT2D eigenvalue weighted by atomic mass is 10.2. The van der Waals surface area contributed by atoms with Gasteiger partial charge in [-0.3, -0.25) is 10.1 Å². The second-order valence-corrected chi connectivity index (χ2v) is 7.93. The molecule has 0 aliphatic heterocycles. The monoisotopic (exact) mass is 520 g/mol. The molecule has 0 heterocycles. The Labute approximate surface area is 200 Å². The molecule has 31 heavy (non-hydrogen) atoms. The van der Waals surface area contributed by atoms with Crippen molar-refractivity contribution in [3.8, 4) is 11.5 Å². The number of ether oxygens (including phenoxy) is 1. The summed E-state index contributed by atoms with van der Waals surface area (Å²) >= 11 is 30.7. The molecule has 0 saturated carbocycles. The first-order valence-corrected chi connectivity index (χ1v) is 10.2. The predicted molar refractivity (Wildman–Crippen MR) is 121 cm³/mol. The first kappa shape index (κ1) is 23.4. The quantitative estimate of drug-likeness (QED) is 0.343. The molecule has 3 aromatic carbocycles. The number of amides is 3. The highest BCUT2D eigenvalue weighted by molar-refractivity contribution is 6.47. The smallest absolute Gasteiger partial charge is 0.326 e. The summed E-state index contributed by atoms with van der Waals surface area (Å²) in [6.45, 7) is 0. The second kappa shape index (κ2) is 9.94. The lowest BCUT2D eigenvalue weighted by molar-refractivity contribution is 0.0963. The van der Waals surface area contributed by atoms with E-state index in [0.717, 1.165) is 6.07 Å². The van der Waals surface area contributed by atoms with Gasteiger partial charge in [0.05, 0.1) is 26.3 Å². The molecule has 3 amide bonds. The Balaban J connectivity index is 1.80. The average Bonchev–Trinajstić information content (AvgIpc) is 2.72. The van der Waals surface area contributed by atoms with Gasteiger partial charge < -0.3 is 10.1 Å². The predicted octanol–water partition coefficient (Wildman–Crippen LogP) is 7.85. The molecule has 0 bridgehead atoms. The van der Waals surface area contributed by atoms with Gasteiger partial charge >= 0.3 is 6.03 Å². The number of carbonyl (C=O) groups is 2. The molecule has 0 saturated heterocycles. The summed E-state index contributed by atoms with van der Waals surface area (Å²) in [5, 5.41) is 4.64. The summed E-state index contributed by atoms with van der Waals surface area (Å²) in [6, 6.07) is 10.0. The van der Waals surface area contributed by atoms with Gasteiger partial charge in [-0.15, -0.1) is 0 Å². The highest BCUT2D eigenvalue weighted by atomic mass is 35.5. The molecule has 3 rings (SSSR count). The van der Waals surface area contributed by atoms with Crippen LogP contribution in [0.5, 0.6) is 11.5 Å². The van der Waals surface area contributed by atoms with Crippen LogP contribution in [0.4, 0.5) is 14.9 Å². The number of anilines is 1. The number of rotatable bonds is 4. The number of urea groups is 1. The third-order valence-corrected chi connectivity index (χ3v) is 5.52. The standard InChI is InChI=1S/C20H10Cl5FN2O3/c21-9-5-6-11(22)14(7-9)31-15-8-12(23)18(17(25)16(15)24)27-20(30)28-19(29)10-3-1-2-4-13(10)26/h1-8H,(H2,27,28,29,30). The van der Waals surface area contributed by atoms with Crippen molar-refractivity contribution in [1.82, 2.24) is 5.32 Å². The maximum Gasteiger partial charge on any atom is 0.326 e. The largest absolute Gasteiger partial charge is 0.454 e. The maximum atomic E-state index is 13.7. The molecule has 0 unspecified atom stereocenters. The minimum atomic E-state index is -1.00. The van der Waals surface area contributed by atoms with Crippen molar-refractivity contribution in [2.24, 2.45) is 0 Å². The molecule has 0 radical (unpaired) electrons. The fraction of sp³-hybridized carbons (Fsp3) is 0. The molecule has 0 aromatic heterocycles. The molecule has 3 aromatic rings. The Morgan fingerprint density at radius 2 is 1.55 bits per heavy atom. The zero-order valence-corrected chi connectivity index (χ0v) is 18.9. The van der Waals surface area contributed by atoms with E-state index in [1.165, 1.54) is 36.4 Å². The van der Waals surface area contributed by atoms with Gasteiger partial charge in [0, 0.05) is 17.2 Å². The van der Waals surface area contributed by atoms with Gasteiger partial charge in [0.15, 0.2) is 0 Å². The molecule has 0 aliphatic rings. The van der Waals surface area contributed by atoms with Crippen LogP contribution >= 0.6 is 58.0 Å². The minimum Gasteiger partial charge on any atom is -0.454 e. The van der Waals surface area contributed by atoms with Gasteiger partial charge in [-0.1, -0.05) is 70.1 Å². The van der Waals surface area contributed by atoms with Gasteiger partial charge in [0.25, 0.3) is 5.91 Å². The Kier molecular flexibility index (Phi) is 7.51. The van der Waals surface area contributed by atoms with Crippen LogP contribution in [-0.2, 0) is 0 Å². The SMILES string of the molecule is O=C(NC(=O)c1ccccc1F)Nc1c(Cl)cc(Oc2cc(Cl)ccc2Cl)c(Cl)c1Cl. The number of imide groups is 1. The number of carbonyl (C=O) groups excluding carboxylic acids is 2. The third-order valence-electron chi connectivity index (χ3n) is 3.82. The van der Waals surface area contributed by atoms with Crippen molar-refractivity contribution in [2.75, 3.05) is 5.32 Å². The van der Waals surface area contributed by atoms with Crippen LogP contribution in [0.1, 0.15) is 10.4 Å². The summed E-state index contributed by atoms with van der Waals surface area (Å²) in [7, 11) is 0. The van der Waals surface area contributed by atoms with E-state index in [1.807, 2.05) is 5.32 Å². The normalized spacial score (nSPS) is 10.5. The van der Waals surface area contributed by atoms with Crippen molar-refractivity contribution >= 4 is 75.6 Å². The number of halogens is 6. The number of hydrogen-bond donors (Lipinski definition) is 2. The molecule has 0 spiro atoms. The lowest BCUT2D eigenvalue weighted by Gasteiger charge is -2.15. The van der Waals surface area contributed by atoms with Crippen LogP contribution in [0.25, 0.3) is 0 Å². The molecule has 0 atom stereocenters. The molecular weight excluding hydrogens is 512 g/mol. The van der Waals surface area contributed by atoms with E-state index in [2.05, 4.69) is 5.32 Å². The van der Waals surface area contributed by atoms with Crippen molar-refractivity contribution in [3.05, 3.63) is 85.0 Å². The molecule has 0 fully saturated rings. The Morgan fingerprint density at radius 1 is 0.839 bits per heavy atom. The van der Waals surface area contributed by atoms with Gasteiger partial charge in [-0.05, 0) is 24.3 Å². The lowest BCUT2D eigenvalue weighted by Crippen LogP contribution is -2.35. The summed E-state index contributed by atoms with van der Waals surface area (Å²) in [5.74, 6) is -1.48. The van der Waals surface area contributed by atoms with Crippen molar-refractivity contribution in [2.45, 2.75) is 0 Å². The Hall–Kier alpha value is -2.22. The summed E-state index contributed by atoms with van der Waals surface area (Å²) in [6.07, 6.45) is 0. The van der Waals surface area contributed by atoms with E-state index in [1.54, 1.807) is 6.07 Å². The van der Waals surface area contributed by atoms with Crippen molar-refractivity contribution in [1.29, 1.82) is 0 Å². The van der Waals surface area contributed by atoms with Gasteiger partial charge in [-0.2, -0.15) is 0 Å². The molecule has 2 N–H and O–H groups in total.